The summed E-state index contributed by atoms with van der Waals surface area (Å²) in [5.74, 6) is 3.16. The Morgan fingerprint density at radius 1 is 1.24 bits per heavy atom. The molecule has 2 heteroatoms. The Morgan fingerprint density at radius 2 is 2.12 bits per heavy atom. The van der Waals surface area contributed by atoms with E-state index in [2.05, 4.69) is 19.3 Å². The zero-order valence-corrected chi connectivity index (χ0v) is 11.6. The van der Waals surface area contributed by atoms with Crippen LogP contribution in [0.2, 0.25) is 0 Å². The van der Waals surface area contributed by atoms with Gasteiger partial charge in [-0.1, -0.05) is 13.3 Å². The van der Waals surface area contributed by atoms with E-state index in [1.54, 1.807) is 0 Å². The van der Waals surface area contributed by atoms with Crippen molar-refractivity contribution in [2.24, 2.45) is 17.8 Å². The lowest BCUT2D eigenvalue weighted by atomic mass is 9.83. The van der Waals surface area contributed by atoms with Crippen molar-refractivity contribution in [3.8, 4) is 0 Å². The molecule has 0 spiro atoms. The minimum atomic E-state index is 0.677. The number of rotatable bonds is 8. The van der Waals surface area contributed by atoms with Crippen molar-refractivity contribution in [3.63, 3.8) is 0 Å². The summed E-state index contributed by atoms with van der Waals surface area (Å²) in [6, 6.07) is 0.677. The first-order valence-corrected chi connectivity index (χ1v) is 7.58. The van der Waals surface area contributed by atoms with Crippen molar-refractivity contribution in [1.82, 2.24) is 5.32 Å². The minimum Gasteiger partial charge on any atom is -0.381 e. The van der Waals surface area contributed by atoms with E-state index in [-0.39, 0.29) is 0 Å². The van der Waals surface area contributed by atoms with E-state index in [9.17, 15) is 0 Å². The number of nitrogens with one attached hydrogen (secondary N) is 1. The molecule has 2 aliphatic carbocycles. The van der Waals surface area contributed by atoms with Gasteiger partial charge in [0.05, 0.1) is 0 Å². The summed E-state index contributed by atoms with van der Waals surface area (Å²) in [6.07, 6.45) is 9.78. The molecule has 17 heavy (non-hydrogen) atoms. The Kier molecular flexibility index (Phi) is 5.30. The minimum absolute atomic E-state index is 0.677. The van der Waals surface area contributed by atoms with Crippen LogP contribution in [0.1, 0.15) is 51.9 Å². The zero-order chi connectivity index (χ0) is 12.1. The van der Waals surface area contributed by atoms with Crippen LogP contribution in [0, 0.1) is 17.8 Å². The highest BCUT2D eigenvalue weighted by molar-refractivity contribution is 4.91. The fourth-order valence-electron chi connectivity index (χ4n) is 3.88. The molecular weight excluding hydrogens is 210 g/mol. The molecule has 0 amide bonds. The molecule has 2 rings (SSSR count). The summed E-state index contributed by atoms with van der Waals surface area (Å²) in [5, 5.41) is 3.49. The van der Waals surface area contributed by atoms with Crippen molar-refractivity contribution in [1.29, 1.82) is 0 Å². The smallest absolute Gasteiger partial charge is 0.0480 e. The van der Waals surface area contributed by atoms with Crippen molar-refractivity contribution in [3.05, 3.63) is 0 Å². The molecule has 100 valence electrons. The van der Waals surface area contributed by atoms with Gasteiger partial charge in [-0.3, -0.25) is 0 Å². The second-order valence-electron chi connectivity index (χ2n) is 6.06. The van der Waals surface area contributed by atoms with Crippen LogP contribution in [0.3, 0.4) is 0 Å². The Balaban J connectivity index is 1.65. The zero-order valence-electron chi connectivity index (χ0n) is 11.6. The summed E-state index contributed by atoms with van der Waals surface area (Å²) >= 11 is 0. The molecule has 2 bridgehead atoms. The molecule has 4 atom stereocenters. The van der Waals surface area contributed by atoms with Crippen LogP contribution in [0.5, 0.6) is 0 Å². The van der Waals surface area contributed by atoms with E-state index < -0.39 is 0 Å². The third kappa shape index (κ3) is 3.69. The van der Waals surface area contributed by atoms with Gasteiger partial charge >= 0.3 is 0 Å². The van der Waals surface area contributed by atoms with E-state index >= 15 is 0 Å². The molecule has 2 fully saturated rings. The van der Waals surface area contributed by atoms with Crippen LogP contribution in [0.4, 0.5) is 0 Å². The van der Waals surface area contributed by atoms with Crippen molar-refractivity contribution in [2.45, 2.75) is 57.9 Å². The van der Waals surface area contributed by atoms with Crippen LogP contribution in [-0.4, -0.2) is 26.3 Å². The van der Waals surface area contributed by atoms with Gasteiger partial charge in [0, 0.05) is 19.3 Å². The molecular formula is C15H29NO. The SMILES string of the molecule is CCCOCCC(CC1CC2CCC1C2)NC. The monoisotopic (exact) mass is 239 g/mol. The molecule has 0 saturated heterocycles. The summed E-state index contributed by atoms with van der Waals surface area (Å²) in [6.45, 7) is 4.02. The van der Waals surface area contributed by atoms with E-state index in [1.165, 1.54) is 38.5 Å². The van der Waals surface area contributed by atoms with E-state index in [4.69, 9.17) is 4.74 Å². The van der Waals surface area contributed by atoms with Crippen molar-refractivity contribution in [2.75, 3.05) is 20.3 Å². The molecule has 2 saturated carbocycles. The maximum absolute atomic E-state index is 5.60. The largest absolute Gasteiger partial charge is 0.381 e. The van der Waals surface area contributed by atoms with Gasteiger partial charge in [0.1, 0.15) is 0 Å². The van der Waals surface area contributed by atoms with Gasteiger partial charge in [-0.05, 0) is 63.3 Å². The first-order chi connectivity index (χ1) is 8.33. The maximum Gasteiger partial charge on any atom is 0.0480 e. The third-order valence-corrected chi connectivity index (χ3v) is 4.84. The van der Waals surface area contributed by atoms with Crippen LogP contribution < -0.4 is 5.32 Å². The third-order valence-electron chi connectivity index (χ3n) is 4.84. The molecule has 0 aromatic heterocycles. The number of hydrogen-bond donors (Lipinski definition) is 1. The van der Waals surface area contributed by atoms with Gasteiger partial charge in [-0.15, -0.1) is 0 Å². The van der Waals surface area contributed by atoms with Crippen LogP contribution in [0.25, 0.3) is 0 Å². The molecule has 0 aromatic rings. The topological polar surface area (TPSA) is 21.3 Å². The number of fused-ring (bicyclic) bond motifs is 2. The molecule has 0 heterocycles. The normalized spacial score (nSPS) is 33.2. The fraction of sp³-hybridized carbons (Fsp3) is 1.00. The van der Waals surface area contributed by atoms with Gasteiger partial charge in [0.2, 0.25) is 0 Å². The molecule has 1 N–H and O–H groups in total. The highest BCUT2D eigenvalue weighted by Crippen LogP contribution is 2.49. The van der Waals surface area contributed by atoms with Gasteiger partial charge < -0.3 is 10.1 Å². The molecule has 0 radical (unpaired) electrons. The molecule has 0 aliphatic heterocycles. The molecule has 4 unspecified atom stereocenters. The number of ether oxygens (including phenoxy) is 1. The van der Waals surface area contributed by atoms with Gasteiger partial charge in [-0.2, -0.15) is 0 Å². The van der Waals surface area contributed by atoms with Crippen molar-refractivity contribution >= 4 is 0 Å². The molecule has 2 nitrogen and oxygen atoms in total. The van der Waals surface area contributed by atoms with Gasteiger partial charge in [0.15, 0.2) is 0 Å². The van der Waals surface area contributed by atoms with Crippen LogP contribution in [-0.2, 0) is 4.74 Å². The van der Waals surface area contributed by atoms with Crippen molar-refractivity contribution < 1.29 is 4.74 Å². The van der Waals surface area contributed by atoms with Crippen LogP contribution >= 0.6 is 0 Å². The summed E-state index contributed by atoms with van der Waals surface area (Å²) in [4.78, 5) is 0. The summed E-state index contributed by atoms with van der Waals surface area (Å²) in [7, 11) is 2.11. The maximum atomic E-state index is 5.60. The lowest BCUT2D eigenvalue weighted by Gasteiger charge is -2.26. The number of hydrogen-bond acceptors (Lipinski definition) is 2. The first-order valence-electron chi connectivity index (χ1n) is 7.58. The van der Waals surface area contributed by atoms with E-state index in [0.29, 0.717) is 6.04 Å². The summed E-state index contributed by atoms with van der Waals surface area (Å²) in [5.41, 5.74) is 0. The second-order valence-corrected chi connectivity index (χ2v) is 6.06. The predicted octanol–water partition coefficient (Wildman–Crippen LogP) is 3.22. The fourth-order valence-corrected chi connectivity index (χ4v) is 3.88. The molecule has 0 aromatic carbocycles. The highest BCUT2D eigenvalue weighted by Gasteiger charge is 2.39. The highest BCUT2D eigenvalue weighted by atomic mass is 16.5. The first kappa shape index (κ1) is 13.4. The van der Waals surface area contributed by atoms with Crippen LogP contribution in [0.15, 0.2) is 0 Å². The van der Waals surface area contributed by atoms with E-state index in [1.807, 2.05) is 0 Å². The Hall–Kier alpha value is -0.0800. The average Bonchev–Trinajstić information content (AvgIpc) is 2.95. The van der Waals surface area contributed by atoms with Gasteiger partial charge in [-0.25, -0.2) is 0 Å². The predicted molar refractivity (Wildman–Crippen MR) is 72.1 cm³/mol. The lowest BCUT2D eigenvalue weighted by molar-refractivity contribution is 0.120. The Bertz CT molecular complexity index is 219. The summed E-state index contributed by atoms with van der Waals surface area (Å²) < 4.78 is 5.60. The second kappa shape index (κ2) is 6.75. The average molecular weight is 239 g/mol. The Labute approximate surface area is 107 Å². The Morgan fingerprint density at radius 3 is 2.71 bits per heavy atom. The lowest BCUT2D eigenvalue weighted by Crippen LogP contribution is -2.30. The van der Waals surface area contributed by atoms with E-state index in [0.717, 1.165) is 37.4 Å². The molecule has 2 aliphatic rings. The quantitative estimate of drug-likeness (QED) is 0.657. The van der Waals surface area contributed by atoms with Gasteiger partial charge in [0.25, 0.3) is 0 Å². The standard InChI is InChI=1S/C15H29NO/c1-3-7-17-8-6-15(16-2)11-14-10-12-4-5-13(14)9-12/h12-16H,3-11H2,1-2H3.